The van der Waals surface area contributed by atoms with Gasteiger partial charge in [-0.15, -0.1) is 0 Å². The molecule has 1 aromatic rings. The molecule has 0 aliphatic carbocycles. The Morgan fingerprint density at radius 1 is 1.44 bits per heavy atom. The van der Waals surface area contributed by atoms with E-state index < -0.39 is 0 Å². The van der Waals surface area contributed by atoms with Crippen LogP contribution in [0.1, 0.15) is 37.7 Å². The van der Waals surface area contributed by atoms with Crippen LogP contribution in [-0.2, 0) is 4.79 Å². The van der Waals surface area contributed by atoms with Crippen LogP contribution in [0.25, 0.3) is 0 Å². The fourth-order valence-corrected chi connectivity index (χ4v) is 3.07. The molecule has 0 aromatic heterocycles. The fraction of sp³-hybridized carbons (Fsp3) is 0.533. The van der Waals surface area contributed by atoms with E-state index in [0.717, 1.165) is 25.8 Å². The summed E-state index contributed by atoms with van der Waals surface area (Å²) in [6, 6.07) is 10.8. The van der Waals surface area contributed by atoms with Crippen molar-refractivity contribution in [3.05, 3.63) is 35.9 Å². The molecule has 98 valence electrons. The van der Waals surface area contributed by atoms with Gasteiger partial charge in [-0.1, -0.05) is 37.3 Å². The van der Waals surface area contributed by atoms with Crippen molar-refractivity contribution >= 4 is 5.91 Å². The van der Waals surface area contributed by atoms with Gasteiger partial charge in [-0.2, -0.15) is 0 Å². The molecule has 0 spiro atoms. The van der Waals surface area contributed by atoms with Gasteiger partial charge in [-0.25, -0.2) is 0 Å². The largest absolute Gasteiger partial charge is 0.338 e. The number of nitrogens with zero attached hydrogens (tertiary/aromatic N) is 1. The van der Waals surface area contributed by atoms with Crippen LogP contribution in [0.15, 0.2) is 30.3 Å². The van der Waals surface area contributed by atoms with E-state index in [2.05, 4.69) is 31.2 Å². The molecule has 0 bridgehead atoms. The maximum Gasteiger partial charge on any atom is 0.236 e. The zero-order valence-corrected chi connectivity index (χ0v) is 11.0. The highest BCUT2D eigenvalue weighted by Crippen LogP contribution is 2.33. The number of carbonyl (C=O) groups is 1. The van der Waals surface area contributed by atoms with Crippen molar-refractivity contribution in [1.82, 2.24) is 4.90 Å². The summed E-state index contributed by atoms with van der Waals surface area (Å²) in [7, 11) is 0. The molecule has 1 heterocycles. The number of rotatable bonds is 4. The Balaban J connectivity index is 2.19. The maximum atomic E-state index is 11.9. The molecular weight excluding hydrogens is 224 g/mol. The molecule has 0 saturated carbocycles. The first-order valence-electron chi connectivity index (χ1n) is 6.82. The van der Waals surface area contributed by atoms with E-state index in [1.165, 1.54) is 5.56 Å². The summed E-state index contributed by atoms with van der Waals surface area (Å²) >= 11 is 0. The predicted molar refractivity (Wildman–Crippen MR) is 73.3 cm³/mol. The molecule has 0 radical (unpaired) electrons. The molecule has 2 rings (SSSR count). The second kappa shape index (κ2) is 6.01. The second-order valence-electron chi connectivity index (χ2n) is 4.93. The highest BCUT2D eigenvalue weighted by molar-refractivity contribution is 5.78. The minimum Gasteiger partial charge on any atom is -0.338 e. The number of benzene rings is 1. The number of hydrogen-bond acceptors (Lipinski definition) is 2. The van der Waals surface area contributed by atoms with Gasteiger partial charge in [0.15, 0.2) is 0 Å². The van der Waals surface area contributed by atoms with E-state index in [1.807, 2.05) is 11.0 Å². The third kappa shape index (κ3) is 2.56. The van der Waals surface area contributed by atoms with Crippen LogP contribution in [0, 0.1) is 0 Å². The molecule has 1 saturated heterocycles. The van der Waals surface area contributed by atoms with Crippen LogP contribution >= 0.6 is 0 Å². The Morgan fingerprint density at radius 2 is 2.17 bits per heavy atom. The summed E-state index contributed by atoms with van der Waals surface area (Å²) in [6.07, 6.45) is 3.25. The van der Waals surface area contributed by atoms with Crippen LogP contribution < -0.4 is 5.73 Å². The first kappa shape index (κ1) is 13.1. The SMILES string of the molecule is CCC(c1ccccc1)C1CCCN1C(=O)CN. The molecule has 2 unspecified atom stereocenters. The Morgan fingerprint density at radius 3 is 2.78 bits per heavy atom. The summed E-state index contributed by atoms with van der Waals surface area (Å²) in [5, 5.41) is 0. The number of hydrogen-bond donors (Lipinski definition) is 1. The topological polar surface area (TPSA) is 46.3 Å². The Labute approximate surface area is 109 Å². The second-order valence-corrected chi connectivity index (χ2v) is 4.93. The molecule has 2 N–H and O–H groups in total. The van der Waals surface area contributed by atoms with Crippen molar-refractivity contribution in [1.29, 1.82) is 0 Å². The quantitative estimate of drug-likeness (QED) is 0.884. The standard InChI is InChI=1S/C15H22N2O/c1-2-13(12-7-4-3-5-8-12)14-9-6-10-17(14)15(18)11-16/h3-5,7-8,13-14H,2,6,9-11,16H2,1H3. The summed E-state index contributed by atoms with van der Waals surface area (Å²) in [4.78, 5) is 13.9. The van der Waals surface area contributed by atoms with E-state index in [0.29, 0.717) is 12.0 Å². The van der Waals surface area contributed by atoms with Gasteiger partial charge in [0.1, 0.15) is 0 Å². The molecule has 3 nitrogen and oxygen atoms in total. The van der Waals surface area contributed by atoms with Crippen molar-refractivity contribution in [3.8, 4) is 0 Å². The Hall–Kier alpha value is -1.35. The van der Waals surface area contributed by atoms with Gasteiger partial charge < -0.3 is 10.6 Å². The maximum absolute atomic E-state index is 11.9. The van der Waals surface area contributed by atoms with Gasteiger partial charge in [-0.3, -0.25) is 4.79 Å². The molecule has 2 atom stereocenters. The molecule has 1 amide bonds. The summed E-state index contributed by atoms with van der Waals surface area (Å²) < 4.78 is 0. The van der Waals surface area contributed by atoms with Crippen LogP contribution in [-0.4, -0.2) is 29.9 Å². The van der Waals surface area contributed by atoms with Crippen LogP contribution in [0.4, 0.5) is 0 Å². The van der Waals surface area contributed by atoms with Crippen molar-refractivity contribution in [2.45, 2.75) is 38.1 Å². The normalized spacial score (nSPS) is 21.0. The molecule has 3 heteroatoms. The van der Waals surface area contributed by atoms with E-state index in [4.69, 9.17) is 5.73 Å². The average Bonchev–Trinajstić information content (AvgIpc) is 2.89. The average molecular weight is 246 g/mol. The molecule has 1 aromatic carbocycles. The fourth-order valence-electron chi connectivity index (χ4n) is 3.07. The number of likely N-dealkylation sites (tertiary alicyclic amines) is 1. The first-order valence-corrected chi connectivity index (χ1v) is 6.82. The van der Waals surface area contributed by atoms with E-state index in [9.17, 15) is 4.79 Å². The number of amides is 1. The highest BCUT2D eigenvalue weighted by atomic mass is 16.2. The predicted octanol–water partition coefficient (Wildman–Crippen LogP) is 2.13. The summed E-state index contributed by atoms with van der Waals surface area (Å²) in [5.74, 6) is 0.524. The number of carbonyl (C=O) groups excluding carboxylic acids is 1. The van der Waals surface area contributed by atoms with Crippen LogP contribution in [0.3, 0.4) is 0 Å². The smallest absolute Gasteiger partial charge is 0.236 e. The van der Waals surface area contributed by atoms with E-state index in [-0.39, 0.29) is 12.5 Å². The lowest BCUT2D eigenvalue weighted by atomic mass is 9.87. The lowest BCUT2D eigenvalue weighted by Gasteiger charge is -2.31. The van der Waals surface area contributed by atoms with Gasteiger partial charge >= 0.3 is 0 Å². The monoisotopic (exact) mass is 246 g/mol. The van der Waals surface area contributed by atoms with E-state index >= 15 is 0 Å². The van der Waals surface area contributed by atoms with E-state index in [1.54, 1.807) is 0 Å². The van der Waals surface area contributed by atoms with Gasteiger partial charge in [0.25, 0.3) is 0 Å². The van der Waals surface area contributed by atoms with Gasteiger partial charge in [0.2, 0.25) is 5.91 Å². The van der Waals surface area contributed by atoms with Gasteiger partial charge in [0.05, 0.1) is 6.54 Å². The molecule has 1 fully saturated rings. The third-order valence-electron chi connectivity index (χ3n) is 3.93. The lowest BCUT2D eigenvalue weighted by molar-refractivity contribution is -0.130. The summed E-state index contributed by atoms with van der Waals surface area (Å²) in [6.45, 7) is 3.19. The van der Waals surface area contributed by atoms with Crippen molar-refractivity contribution in [2.75, 3.05) is 13.1 Å². The highest BCUT2D eigenvalue weighted by Gasteiger charge is 2.33. The van der Waals surface area contributed by atoms with Crippen molar-refractivity contribution < 1.29 is 4.79 Å². The molecule has 1 aliphatic rings. The van der Waals surface area contributed by atoms with Crippen molar-refractivity contribution in [3.63, 3.8) is 0 Å². The third-order valence-corrected chi connectivity index (χ3v) is 3.93. The van der Waals surface area contributed by atoms with Crippen LogP contribution in [0.2, 0.25) is 0 Å². The minimum atomic E-state index is 0.0897. The lowest BCUT2D eigenvalue weighted by Crippen LogP contribution is -2.42. The molecular formula is C15H22N2O. The number of nitrogens with two attached hydrogens (primary N) is 1. The van der Waals surface area contributed by atoms with Crippen LogP contribution in [0.5, 0.6) is 0 Å². The zero-order chi connectivity index (χ0) is 13.0. The molecule has 1 aliphatic heterocycles. The Bertz CT molecular complexity index is 391. The minimum absolute atomic E-state index is 0.0897. The Kier molecular flexibility index (Phi) is 4.37. The first-order chi connectivity index (χ1) is 8.77. The molecule has 18 heavy (non-hydrogen) atoms. The van der Waals surface area contributed by atoms with Crippen molar-refractivity contribution in [2.24, 2.45) is 5.73 Å². The summed E-state index contributed by atoms with van der Waals surface area (Å²) in [5.41, 5.74) is 6.84. The zero-order valence-electron chi connectivity index (χ0n) is 11.0. The van der Waals surface area contributed by atoms with Gasteiger partial charge in [-0.05, 0) is 24.8 Å². The van der Waals surface area contributed by atoms with Gasteiger partial charge in [0, 0.05) is 18.5 Å².